The molecule has 4 aromatic carbocycles. The number of methoxy groups -OCH3 is 1. The molecule has 0 aliphatic heterocycles. The molecule has 32 heavy (non-hydrogen) atoms. The van der Waals surface area contributed by atoms with Gasteiger partial charge in [-0.3, -0.25) is 0 Å². The molecule has 0 unspecified atom stereocenters. The zero-order chi connectivity index (χ0) is 22.2. The number of hydrogen-bond donors (Lipinski definition) is 0. The highest BCUT2D eigenvalue weighted by atomic mass is 79.9. The maximum Gasteiger partial charge on any atom is 0.176 e. The summed E-state index contributed by atoms with van der Waals surface area (Å²) >= 11 is 3.80. The van der Waals surface area contributed by atoms with Crippen LogP contribution in [0.1, 0.15) is 22.3 Å². The van der Waals surface area contributed by atoms with Gasteiger partial charge >= 0.3 is 0 Å². The first-order chi connectivity index (χ1) is 15.7. The zero-order valence-corrected chi connectivity index (χ0v) is 19.5. The van der Waals surface area contributed by atoms with Crippen LogP contribution >= 0.6 is 15.9 Å². The zero-order valence-electron chi connectivity index (χ0n) is 18.0. The summed E-state index contributed by atoms with van der Waals surface area (Å²) in [6.07, 6.45) is 0.706. The van der Waals surface area contributed by atoms with Crippen LogP contribution in [0.15, 0.2) is 102 Å². The molecule has 4 heteroatoms. The quantitative estimate of drug-likeness (QED) is 0.249. The van der Waals surface area contributed by atoms with E-state index in [1.165, 1.54) is 5.56 Å². The van der Waals surface area contributed by atoms with E-state index in [4.69, 9.17) is 14.2 Å². The lowest BCUT2D eigenvalue weighted by Crippen LogP contribution is -2.05. The number of benzene rings is 4. The van der Waals surface area contributed by atoms with Gasteiger partial charge in [-0.25, -0.2) is 0 Å². The summed E-state index contributed by atoms with van der Waals surface area (Å²) in [6.45, 7) is 0.924. The highest BCUT2D eigenvalue weighted by Crippen LogP contribution is 2.44. The highest BCUT2D eigenvalue weighted by molar-refractivity contribution is 9.10. The molecule has 0 aliphatic carbocycles. The minimum Gasteiger partial charge on any atom is -0.493 e. The van der Waals surface area contributed by atoms with Crippen LogP contribution in [0.4, 0.5) is 0 Å². The first-order valence-electron chi connectivity index (χ1n) is 10.5. The van der Waals surface area contributed by atoms with E-state index in [0.29, 0.717) is 31.1 Å². The molecule has 3 nitrogen and oxygen atoms in total. The van der Waals surface area contributed by atoms with Crippen molar-refractivity contribution >= 4 is 15.9 Å². The Morgan fingerprint density at radius 2 is 1.12 bits per heavy atom. The van der Waals surface area contributed by atoms with Gasteiger partial charge in [0.2, 0.25) is 0 Å². The number of halogens is 1. The Balaban J connectivity index is 1.68. The van der Waals surface area contributed by atoms with Crippen LogP contribution in [0.25, 0.3) is 0 Å². The van der Waals surface area contributed by atoms with Gasteiger partial charge in [0.15, 0.2) is 11.5 Å². The molecule has 4 rings (SSSR count). The van der Waals surface area contributed by atoms with Crippen LogP contribution in [0.2, 0.25) is 0 Å². The van der Waals surface area contributed by atoms with Crippen LogP contribution in [0.3, 0.4) is 0 Å². The van der Waals surface area contributed by atoms with E-state index in [2.05, 4.69) is 40.2 Å². The molecular formula is C28H25BrO3. The second-order valence-electron chi connectivity index (χ2n) is 7.41. The largest absolute Gasteiger partial charge is 0.493 e. The molecule has 0 aliphatic rings. The molecule has 0 atom stereocenters. The molecule has 0 aromatic heterocycles. The Bertz CT molecular complexity index is 1130. The Hall–Kier alpha value is -3.24. The van der Waals surface area contributed by atoms with Gasteiger partial charge in [-0.1, -0.05) is 91.0 Å². The van der Waals surface area contributed by atoms with Crippen LogP contribution in [0.5, 0.6) is 17.2 Å². The molecular weight excluding hydrogens is 464 g/mol. The monoisotopic (exact) mass is 488 g/mol. The van der Waals surface area contributed by atoms with E-state index in [0.717, 1.165) is 26.9 Å². The van der Waals surface area contributed by atoms with E-state index >= 15 is 0 Å². The third-order valence-corrected chi connectivity index (χ3v) is 5.99. The summed E-state index contributed by atoms with van der Waals surface area (Å²) in [5.41, 5.74) is 4.42. The minimum atomic E-state index is 0.449. The van der Waals surface area contributed by atoms with Crippen molar-refractivity contribution in [2.75, 3.05) is 7.11 Å². The van der Waals surface area contributed by atoms with E-state index in [9.17, 15) is 0 Å². The molecule has 4 aromatic rings. The third kappa shape index (κ3) is 5.51. The first-order valence-corrected chi connectivity index (χ1v) is 11.3. The summed E-state index contributed by atoms with van der Waals surface area (Å²) in [4.78, 5) is 0. The van der Waals surface area contributed by atoms with Gasteiger partial charge < -0.3 is 14.2 Å². The SMILES string of the molecule is COc1cc(OCc2ccccc2)c(Cc2ccccc2)c(Br)c1OCc1ccccc1. The Kier molecular flexibility index (Phi) is 7.47. The van der Waals surface area contributed by atoms with Gasteiger partial charge in [-0.2, -0.15) is 0 Å². The van der Waals surface area contributed by atoms with E-state index < -0.39 is 0 Å². The maximum atomic E-state index is 6.27. The van der Waals surface area contributed by atoms with Crippen molar-refractivity contribution < 1.29 is 14.2 Å². The predicted molar refractivity (Wildman–Crippen MR) is 131 cm³/mol. The van der Waals surface area contributed by atoms with Crippen LogP contribution < -0.4 is 14.2 Å². The topological polar surface area (TPSA) is 27.7 Å². The van der Waals surface area contributed by atoms with Crippen molar-refractivity contribution in [3.63, 3.8) is 0 Å². The lowest BCUT2D eigenvalue weighted by atomic mass is 10.0. The van der Waals surface area contributed by atoms with Crippen molar-refractivity contribution in [1.29, 1.82) is 0 Å². The number of ether oxygens (including phenoxy) is 3. The molecule has 0 amide bonds. The van der Waals surface area contributed by atoms with Gasteiger partial charge in [0.1, 0.15) is 19.0 Å². The number of rotatable bonds is 9. The maximum absolute atomic E-state index is 6.27. The van der Waals surface area contributed by atoms with Gasteiger partial charge in [-0.15, -0.1) is 0 Å². The summed E-state index contributed by atoms with van der Waals surface area (Å²) in [5.74, 6) is 2.08. The average Bonchev–Trinajstić information content (AvgIpc) is 2.85. The van der Waals surface area contributed by atoms with Gasteiger partial charge in [-0.05, 0) is 32.6 Å². The molecule has 0 fully saturated rings. The fourth-order valence-corrected chi connectivity index (χ4v) is 4.12. The molecule has 0 N–H and O–H groups in total. The van der Waals surface area contributed by atoms with Gasteiger partial charge in [0.25, 0.3) is 0 Å². The van der Waals surface area contributed by atoms with E-state index in [1.807, 2.05) is 72.8 Å². The fraction of sp³-hybridized carbons (Fsp3) is 0.143. The first kappa shape index (κ1) is 22.0. The second-order valence-corrected chi connectivity index (χ2v) is 8.20. The Morgan fingerprint density at radius 1 is 0.625 bits per heavy atom. The lowest BCUT2D eigenvalue weighted by Gasteiger charge is -2.20. The summed E-state index contributed by atoms with van der Waals surface area (Å²) < 4.78 is 19.0. The Morgan fingerprint density at radius 3 is 1.66 bits per heavy atom. The molecule has 0 heterocycles. The second kappa shape index (κ2) is 10.9. The van der Waals surface area contributed by atoms with E-state index in [1.54, 1.807) is 7.11 Å². The summed E-state index contributed by atoms with van der Waals surface area (Å²) in [6, 6.07) is 32.5. The van der Waals surface area contributed by atoms with Crippen molar-refractivity contribution in [2.24, 2.45) is 0 Å². The standard InChI is InChI=1S/C28H25BrO3/c1-30-26-18-25(31-19-22-13-7-3-8-14-22)24(17-21-11-5-2-6-12-21)27(29)28(26)32-20-23-15-9-4-10-16-23/h2-16,18H,17,19-20H2,1H3. The normalized spacial score (nSPS) is 10.6. The predicted octanol–water partition coefficient (Wildman–Crippen LogP) is 7.21. The molecule has 162 valence electrons. The molecule has 0 saturated heterocycles. The molecule has 0 spiro atoms. The number of hydrogen-bond acceptors (Lipinski definition) is 3. The summed E-state index contributed by atoms with van der Waals surface area (Å²) in [7, 11) is 1.65. The van der Waals surface area contributed by atoms with Crippen molar-refractivity contribution in [1.82, 2.24) is 0 Å². The highest BCUT2D eigenvalue weighted by Gasteiger charge is 2.20. The van der Waals surface area contributed by atoms with Crippen molar-refractivity contribution in [3.8, 4) is 17.2 Å². The molecule has 0 radical (unpaired) electrons. The lowest BCUT2D eigenvalue weighted by molar-refractivity contribution is 0.274. The molecule has 0 saturated carbocycles. The Labute approximate surface area is 197 Å². The smallest absolute Gasteiger partial charge is 0.176 e. The van der Waals surface area contributed by atoms with Crippen LogP contribution in [-0.4, -0.2) is 7.11 Å². The van der Waals surface area contributed by atoms with Crippen LogP contribution in [0, 0.1) is 0 Å². The average molecular weight is 489 g/mol. The fourth-order valence-electron chi connectivity index (χ4n) is 3.47. The summed E-state index contributed by atoms with van der Waals surface area (Å²) in [5, 5.41) is 0. The van der Waals surface area contributed by atoms with Crippen LogP contribution in [-0.2, 0) is 19.6 Å². The third-order valence-electron chi connectivity index (χ3n) is 5.15. The molecule has 0 bridgehead atoms. The van der Waals surface area contributed by atoms with Crippen molar-refractivity contribution in [3.05, 3.63) is 124 Å². The van der Waals surface area contributed by atoms with E-state index in [-0.39, 0.29) is 0 Å². The minimum absolute atomic E-state index is 0.449. The van der Waals surface area contributed by atoms with Gasteiger partial charge in [0.05, 0.1) is 11.6 Å². The van der Waals surface area contributed by atoms with Gasteiger partial charge in [0, 0.05) is 18.1 Å². The van der Waals surface area contributed by atoms with Crippen molar-refractivity contribution in [2.45, 2.75) is 19.6 Å².